The Morgan fingerprint density at radius 1 is 1.13 bits per heavy atom. The van der Waals surface area contributed by atoms with Gasteiger partial charge in [0.1, 0.15) is 0 Å². The third-order valence-electron chi connectivity index (χ3n) is 5.29. The Morgan fingerprint density at radius 3 is 2.32 bits per heavy atom. The topological polar surface area (TPSA) is 62.9 Å². The van der Waals surface area contributed by atoms with E-state index in [1.54, 1.807) is 35.8 Å². The van der Waals surface area contributed by atoms with Crippen LogP contribution in [-0.2, 0) is 6.18 Å². The van der Waals surface area contributed by atoms with Crippen molar-refractivity contribution in [3.63, 3.8) is 0 Å². The number of nitriles is 1. The van der Waals surface area contributed by atoms with Crippen LogP contribution in [0.5, 0.6) is 0 Å². The molecule has 3 rings (SSSR count). The van der Waals surface area contributed by atoms with Crippen molar-refractivity contribution in [1.82, 2.24) is 4.57 Å². The minimum atomic E-state index is -4.56. The minimum Gasteiger partial charge on any atom is -0.343 e. The summed E-state index contributed by atoms with van der Waals surface area (Å²) in [6, 6.07) is 13.1. The number of halogens is 3. The van der Waals surface area contributed by atoms with E-state index in [1.807, 2.05) is 13.0 Å². The van der Waals surface area contributed by atoms with E-state index in [4.69, 9.17) is 5.26 Å². The molecule has 4 nitrogen and oxygen atoms in total. The van der Waals surface area contributed by atoms with Crippen LogP contribution in [0.25, 0.3) is 11.1 Å². The van der Waals surface area contributed by atoms with Crippen LogP contribution in [0.2, 0.25) is 0 Å². The fraction of sp³-hybridized carbons (Fsp3) is 0.208. The standard InChI is InChI=1S/C24H19F3N2O2/c1-14(18-9-7-17(12-28)8-10-18)29-13-21(16(3)30)23(31)22(15(29)2)19-5-4-6-20(11-19)24(25,26)27/h4-11,13-14H,1-3H3. The van der Waals surface area contributed by atoms with Crippen molar-refractivity contribution in [3.8, 4) is 17.2 Å². The Bertz CT molecular complexity index is 1250. The largest absolute Gasteiger partial charge is 0.416 e. The molecule has 0 amide bonds. The lowest BCUT2D eigenvalue weighted by molar-refractivity contribution is -0.137. The quantitative estimate of drug-likeness (QED) is 0.518. The molecule has 1 heterocycles. The summed E-state index contributed by atoms with van der Waals surface area (Å²) in [4.78, 5) is 25.2. The van der Waals surface area contributed by atoms with Gasteiger partial charge in [0.25, 0.3) is 0 Å². The summed E-state index contributed by atoms with van der Waals surface area (Å²) in [5.41, 5.74) is 0.318. The molecule has 0 saturated heterocycles. The average molecular weight is 424 g/mol. The molecule has 2 aromatic carbocycles. The van der Waals surface area contributed by atoms with E-state index < -0.39 is 23.0 Å². The van der Waals surface area contributed by atoms with Crippen molar-refractivity contribution in [1.29, 1.82) is 5.26 Å². The summed E-state index contributed by atoms with van der Waals surface area (Å²) in [7, 11) is 0. The van der Waals surface area contributed by atoms with Gasteiger partial charge in [-0.25, -0.2) is 0 Å². The minimum absolute atomic E-state index is 0.0549. The molecule has 0 N–H and O–H groups in total. The zero-order valence-corrected chi connectivity index (χ0v) is 17.1. The van der Waals surface area contributed by atoms with E-state index in [1.165, 1.54) is 25.3 Å². The lowest BCUT2D eigenvalue weighted by atomic mass is 9.97. The summed E-state index contributed by atoms with van der Waals surface area (Å²) in [6.45, 7) is 4.73. The van der Waals surface area contributed by atoms with Crippen molar-refractivity contribution in [3.05, 3.63) is 92.9 Å². The lowest BCUT2D eigenvalue weighted by Crippen LogP contribution is -2.23. The molecule has 0 bridgehead atoms. The number of ketones is 1. The SMILES string of the molecule is CC(=O)c1cn(C(C)c2ccc(C#N)cc2)c(C)c(-c2cccc(C(F)(F)F)c2)c1=O. The smallest absolute Gasteiger partial charge is 0.343 e. The van der Waals surface area contributed by atoms with Crippen LogP contribution in [0.4, 0.5) is 13.2 Å². The molecule has 0 aliphatic heterocycles. The Labute approximate surface area is 177 Å². The normalized spacial score (nSPS) is 12.3. The number of aromatic nitrogens is 1. The number of pyridine rings is 1. The predicted octanol–water partition coefficient (Wildman–Crippen LogP) is 5.53. The highest BCUT2D eigenvalue weighted by Crippen LogP contribution is 2.33. The number of carbonyl (C=O) groups excluding carboxylic acids is 1. The second-order valence-corrected chi connectivity index (χ2v) is 7.28. The van der Waals surface area contributed by atoms with Crippen LogP contribution in [0.3, 0.4) is 0 Å². The summed E-state index contributed by atoms with van der Waals surface area (Å²) in [5, 5.41) is 8.99. The van der Waals surface area contributed by atoms with Gasteiger partial charge in [-0.2, -0.15) is 18.4 Å². The number of Topliss-reactive ketones (excluding diaryl/α,β-unsaturated/α-hetero) is 1. The molecule has 1 atom stereocenters. The van der Waals surface area contributed by atoms with Crippen LogP contribution in [0, 0.1) is 18.3 Å². The number of rotatable bonds is 4. The van der Waals surface area contributed by atoms with Gasteiger partial charge in [-0.15, -0.1) is 0 Å². The van der Waals surface area contributed by atoms with E-state index in [9.17, 15) is 22.8 Å². The number of benzene rings is 2. The van der Waals surface area contributed by atoms with Gasteiger partial charge < -0.3 is 4.57 Å². The number of alkyl halides is 3. The molecular formula is C24H19F3N2O2. The van der Waals surface area contributed by atoms with Crippen molar-refractivity contribution < 1.29 is 18.0 Å². The highest BCUT2D eigenvalue weighted by molar-refractivity contribution is 5.95. The highest BCUT2D eigenvalue weighted by atomic mass is 19.4. The van der Waals surface area contributed by atoms with Crippen LogP contribution in [0.1, 0.15) is 52.6 Å². The van der Waals surface area contributed by atoms with Crippen LogP contribution >= 0.6 is 0 Å². The van der Waals surface area contributed by atoms with Crippen molar-refractivity contribution in [2.75, 3.05) is 0 Å². The predicted molar refractivity (Wildman–Crippen MR) is 111 cm³/mol. The molecule has 0 aliphatic rings. The Morgan fingerprint density at radius 2 is 1.77 bits per heavy atom. The van der Waals surface area contributed by atoms with Crippen molar-refractivity contribution in [2.45, 2.75) is 33.0 Å². The van der Waals surface area contributed by atoms with Gasteiger partial charge in [0.2, 0.25) is 0 Å². The first kappa shape index (κ1) is 22.0. The maximum Gasteiger partial charge on any atom is 0.416 e. The van der Waals surface area contributed by atoms with Gasteiger partial charge in [0.05, 0.1) is 28.8 Å². The molecule has 0 aliphatic carbocycles. The Kier molecular flexibility index (Phi) is 5.85. The van der Waals surface area contributed by atoms with E-state index in [-0.39, 0.29) is 22.7 Å². The zero-order valence-electron chi connectivity index (χ0n) is 17.1. The fourth-order valence-electron chi connectivity index (χ4n) is 3.56. The first-order valence-electron chi connectivity index (χ1n) is 9.49. The number of hydrogen-bond acceptors (Lipinski definition) is 3. The van der Waals surface area contributed by atoms with Gasteiger partial charge in [-0.3, -0.25) is 9.59 Å². The molecule has 0 saturated carbocycles. The molecule has 1 aromatic heterocycles. The second-order valence-electron chi connectivity index (χ2n) is 7.28. The molecule has 3 aromatic rings. The third-order valence-corrected chi connectivity index (χ3v) is 5.29. The van der Waals surface area contributed by atoms with E-state index in [0.29, 0.717) is 11.3 Å². The molecule has 1 unspecified atom stereocenters. The van der Waals surface area contributed by atoms with Crippen LogP contribution in [-0.4, -0.2) is 10.4 Å². The van der Waals surface area contributed by atoms with Gasteiger partial charge in [-0.05, 0) is 56.2 Å². The van der Waals surface area contributed by atoms with Gasteiger partial charge in [-0.1, -0.05) is 24.3 Å². The third kappa shape index (κ3) is 4.29. The van der Waals surface area contributed by atoms with E-state index >= 15 is 0 Å². The number of hydrogen-bond donors (Lipinski definition) is 0. The molecule has 0 spiro atoms. The summed E-state index contributed by atoms with van der Waals surface area (Å²) in [5.74, 6) is -0.473. The summed E-state index contributed by atoms with van der Waals surface area (Å²) >= 11 is 0. The maximum atomic E-state index is 13.2. The van der Waals surface area contributed by atoms with Gasteiger partial charge in [0.15, 0.2) is 11.2 Å². The highest BCUT2D eigenvalue weighted by Gasteiger charge is 2.31. The van der Waals surface area contributed by atoms with Crippen molar-refractivity contribution >= 4 is 5.78 Å². The van der Waals surface area contributed by atoms with E-state index in [0.717, 1.165) is 17.7 Å². The second kappa shape index (κ2) is 8.23. The molecule has 0 radical (unpaired) electrons. The zero-order chi connectivity index (χ0) is 22.9. The summed E-state index contributed by atoms with van der Waals surface area (Å²) < 4.78 is 41.4. The molecular weight excluding hydrogens is 405 g/mol. The number of carbonyl (C=O) groups is 1. The monoisotopic (exact) mass is 424 g/mol. The van der Waals surface area contributed by atoms with Gasteiger partial charge in [0, 0.05) is 17.5 Å². The summed E-state index contributed by atoms with van der Waals surface area (Å²) in [6.07, 6.45) is -3.11. The fourth-order valence-corrected chi connectivity index (χ4v) is 3.56. The Balaban J connectivity index is 2.26. The van der Waals surface area contributed by atoms with Crippen molar-refractivity contribution in [2.24, 2.45) is 0 Å². The van der Waals surface area contributed by atoms with E-state index in [2.05, 4.69) is 0 Å². The molecule has 0 fully saturated rings. The molecule has 158 valence electrons. The number of nitrogens with zero attached hydrogens (tertiary/aromatic N) is 2. The average Bonchev–Trinajstić information content (AvgIpc) is 2.73. The van der Waals surface area contributed by atoms with Crippen LogP contribution < -0.4 is 5.43 Å². The first-order chi connectivity index (χ1) is 14.5. The van der Waals surface area contributed by atoms with Gasteiger partial charge >= 0.3 is 6.18 Å². The molecule has 7 heteroatoms. The maximum absolute atomic E-state index is 13.2. The Hall–Kier alpha value is -3.66. The molecule has 31 heavy (non-hydrogen) atoms. The van der Waals surface area contributed by atoms with Crippen LogP contribution in [0.15, 0.2) is 59.5 Å². The lowest BCUT2D eigenvalue weighted by Gasteiger charge is -2.23. The first-order valence-corrected chi connectivity index (χ1v) is 9.49.